The Morgan fingerprint density at radius 3 is 2.06 bits per heavy atom. The van der Waals surface area contributed by atoms with Crippen molar-refractivity contribution in [1.82, 2.24) is 4.90 Å². The number of rotatable bonds is 6. The molecule has 5 heteroatoms. The molecule has 0 atom stereocenters. The Balaban J connectivity index is 4.98. The van der Waals surface area contributed by atoms with E-state index in [0.717, 1.165) is 0 Å². The molecule has 16 heavy (non-hydrogen) atoms. The zero-order valence-corrected chi connectivity index (χ0v) is 10.1. The molecule has 0 fully saturated rings. The molecule has 0 saturated heterocycles. The van der Waals surface area contributed by atoms with Crippen LogP contribution < -0.4 is 5.73 Å². The first-order chi connectivity index (χ1) is 7.47. The zero-order valence-electron chi connectivity index (χ0n) is 10.1. The molecule has 0 spiro atoms. The van der Waals surface area contributed by atoms with Crippen LogP contribution in [0.25, 0.3) is 0 Å². The first-order valence-electron chi connectivity index (χ1n) is 5.46. The second kappa shape index (κ2) is 6.11. The van der Waals surface area contributed by atoms with Gasteiger partial charge in [-0.15, -0.1) is 0 Å². The SMILES string of the molecule is CCN(CC(N)=O)C(=O)C(C#N)(CC)CC. The van der Waals surface area contributed by atoms with E-state index >= 15 is 0 Å². The Labute approximate surface area is 96.2 Å². The van der Waals surface area contributed by atoms with Crippen molar-refractivity contribution in [3.05, 3.63) is 0 Å². The summed E-state index contributed by atoms with van der Waals surface area (Å²) < 4.78 is 0. The number of carbonyl (C=O) groups excluding carboxylic acids is 2. The molecule has 0 aliphatic carbocycles. The Hall–Kier alpha value is -1.57. The number of primary amides is 1. The molecule has 0 saturated carbocycles. The van der Waals surface area contributed by atoms with E-state index in [1.807, 2.05) is 0 Å². The molecular formula is C11H19N3O2. The van der Waals surface area contributed by atoms with Crippen LogP contribution in [0.1, 0.15) is 33.6 Å². The molecule has 0 aromatic heterocycles. The maximum atomic E-state index is 12.1. The third-order valence-corrected chi connectivity index (χ3v) is 2.85. The molecule has 2 N–H and O–H groups in total. The maximum Gasteiger partial charge on any atom is 0.243 e. The van der Waals surface area contributed by atoms with Crippen molar-refractivity contribution in [2.75, 3.05) is 13.1 Å². The number of nitrogens with two attached hydrogens (primary N) is 1. The Morgan fingerprint density at radius 1 is 1.31 bits per heavy atom. The number of hydrogen-bond acceptors (Lipinski definition) is 3. The molecule has 0 heterocycles. The van der Waals surface area contributed by atoms with Gasteiger partial charge in [0.1, 0.15) is 5.41 Å². The van der Waals surface area contributed by atoms with Crippen LogP contribution in [-0.4, -0.2) is 29.8 Å². The number of carbonyl (C=O) groups is 2. The Bertz CT molecular complexity index is 303. The average molecular weight is 225 g/mol. The summed E-state index contributed by atoms with van der Waals surface area (Å²) in [5.74, 6) is -0.865. The highest BCUT2D eigenvalue weighted by Gasteiger charge is 2.38. The number of nitriles is 1. The van der Waals surface area contributed by atoms with Crippen molar-refractivity contribution in [3.63, 3.8) is 0 Å². The quantitative estimate of drug-likeness (QED) is 0.720. The fourth-order valence-corrected chi connectivity index (χ4v) is 1.58. The fourth-order valence-electron chi connectivity index (χ4n) is 1.58. The second-order valence-corrected chi connectivity index (χ2v) is 3.69. The van der Waals surface area contributed by atoms with Crippen LogP contribution in [0.15, 0.2) is 0 Å². The van der Waals surface area contributed by atoms with Gasteiger partial charge in [0.2, 0.25) is 11.8 Å². The van der Waals surface area contributed by atoms with Crippen molar-refractivity contribution >= 4 is 11.8 Å². The van der Waals surface area contributed by atoms with Gasteiger partial charge in [0.05, 0.1) is 12.6 Å². The minimum absolute atomic E-state index is 0.126. The van der Waals surface area contributed by atoms with Crippen molar-refractivity contribution < 1.29 is 9.59 Å². The largest absolute Gasteiger partial charge is 0.368 e. The molecule has 0 rings (SSSR count). The number of hydrogen-bond donors (Lipinski definition) is 1. The van der Waals surface area contributed by atoms with E-state index in [0.29, 0.717) is 19.4 Å². The van der Waals surface area contributed by atoms with Gasteiger partial charge in [-0.3, -0.25) is 9.59 Å². The second-order valence-electron chi connectivity index (χ2n) is 3.69. The Kier molecular flexibility index (Phi) is 5.51. The third-order valence-electron chi connectivity index (χ3n) is 2.85. The molecule has 90 valence electrons. The van der Waals surface area contributed by atoms with E-state index in [9.17, 15) is 9.59 Å². The van der Waals surface area contributed by atoms with E-state index in [1.165, 1.54) is 4.90 Å². The topological polar surface area (TPSA) is 87.2 Å². The summed E-state index contributed by atoms with van der Waals surface area (Å²) in [6.45, 7) is 5.60. The summed E-state index contributed by atoms with van der Waals surface area (Å²) in [6.07, 6.45) is 0.877. The lowest BCUT2D eigenvalue weighted by Gasteiger charge is -2.29. The van der Waals surface area contributed by atoms with Crippen LogP contribution in [0.4, 0.5) is 0 Å². The molecule has 0 radical (unpaired) electrons. The predicted octanol–water partition coefficient (Wildman–Crippen LogP) is 0.650. The standard InChI is InChI=1S/C11H19N3O2/c1-4-11(5-2,8-12)10(16)14(6-3)7-9(13)15/h4-7H2,1-3H3,(H2,13,15). The highest BCUT2D eigenvalue weighted by molar-refractivity contribution is 5.89. The highest BCUT2D eigenvalue weighted by atomic mass is 16.2. The summed E-state index contributed by atoms with van der Waals surface area (Å²) in [6, 6.07) is 2.06. The fraction of sp³-hybridized carbons (Fsp3) is 0.727. The van der Waals surface area contributed by atoms with Gasteiger partial charge >= 0.3 is 0 Å². The lowest BCUT2D eigenvalue weighted by atomic mass is 9.82. The van der Waals surface area contributed by atoms with Crippen LogP contribution in [0.3, 0.4) is 0 Å². The van der Waals surface area contributed by atoms with Crippen LogP contribution in [-0.2, 0) is 9.59 Å². The van der Waals surface area contributed by atoms with Crippen molar-refractivity contribution in [2.24, 2.45) is 11.1 Å². The van der Waals surface area contributed by atoms with E-state index in [-0.39, 0.29) is 12.5 Å². The van der Waals surface area contributed by atoms with Gasteiger partial charge in [0.25, 0.3) is 0 Å². The summed E-state index contributed by atoms with van der Waals surface area (Å²) in [7, 11) is 0. The van der Waals surface area contributed by atoms with E-state index < -0.39 is 11.3 Å². The van der Waals surface area contributed by atoms with Gasteiger partial charge in [-0.05, 0) is 19.8 Å². The monoisotopic (exact) mass is 225 g/mol. The minimum Gasteiger partial charge on any atom is -0.368 e. The molecule has 0 aromatic rings. The third kappa shape index (κ3) is 2.96. The van der Waals surface area contributed by atoms with E-state index in [1.54, 1.807) is 20.8 Å². The van der Waals surface area contributed by atoms with Crippen LogP contribution in [0.2, 0.25) is 0 Å². The molecular weight excluding hydrogens is 206 g/mol. The molecule has 0 aromatic carbocycles. The van der Waals surface area contributed by atoms with E-state index in [4.69, 9.17) is 11.0 Å². The summed E-state index contributed by atoms with van der Waals surface area (Å²) in [4.78, 5) is 24.3. The van der Waals surface area contributed by atoms with Gasteiger partial charge in [-0.2, -0.15) is 5.26 Å². The van der Waals surface area contributed by atoms with Gasteiger partial charge in [0.15, 0.2) is 0 Å². The van der Waals surface area contributed by atoms with Crippen molar-refractivity contribution in [2.45, 2.75) is 33.6 Å². The molecule has 0 bridgehead atoms. The lowest BCUT2D eigenvalue weighted by molar-refractivity contribution is -0.142. The number of likely N-dealkylation sites (N-methyl/N-ethyl adjacent to an activating group) is 1. The van der Waals surface area contributed by atoms with Crippen LogP contribution >= 0.6 is 0 Å². The Morgan fingerprint density at radius 2 is 1.81 bits per heavy atom. The maximum absolute atomic E-state index is 12.1. The molecule has 5 nitrogen and oxygen atoms in total. The first-order valence-corrected chi connectivity index (χ1v) is 5.46. The molecule has 0 unspecified atom stereocenters. The lowest BCUT2D eigenvalue weighted by Crippen LogP contribution is -2.46. The first kappa shape index (κ1) is 14.4. The smallest absolute Gasteiger partial charge is 0.243 e. The summed E-state index contributed by atoms with van der Waals surface area (Å²) in [5.41, 5.74) is 4.04. The highest BCUT2D eigenvalue weighted by Crippen LogP contribution is 2.27. The van der Waals surface area contributed by atoms with Gasteiger partial charge in [-0.25, -0.2) is 0 Å². The van der Waals surface area contributed by atoms with Gasteiger partial charge < -0.3 is 10.6 Å². The van der Waals surface area contributed by atoms with Crippen LogP contribution in [0, 0.1) is 16.7 Å². The molecule has 2 amide bonds. The summed E-state index contributed by atoms with van der Waals surface area (Å²) >= 11 is 0. The number of nitrogens with zero attached hydrogens (tertiary/aromatic N) is 2. The molecule has 0 aliphatic heterocycles. The van der Waals surface area contributed by atoms with E-state index in [2.05, 4.69) is 6.07 Å². The predicted molar refractivity (Wildman–Crippen MR) is 60.1 cm³/mol. The molecule has 0 aliphatic rings. The van der Waals surface area contributed by atoms with Crippen molar-refractivity contribution in [3.8, 4) is 6.07 Å². The number of amides is 2. The minimum atomic E-state index is -1.02. The zero-order chi connectivity index (χ0) is 12.8. The normalized spacial score (nSPS) is 10.6. The van der Waals surface area contributed by atoms with Crippen LogP contribution in [0.5, 0.6) is 0 Å². The van der Waals surface area contributed by atoms with Gasteiger partial charge in [0, 0.05) is 6.54 Å². The average Bonchev–Trinajstić information content (AvgIpc) is 2.28. The van der Waals surface area contributed by atoms with Gasteiger partial charge in [-0.1, -0.05) is 13.8 Å². The van der Waals surface area contributed by atoms with Crippen molar-refractivity contribution in [1.29, 1.82) is 5.26 Å². The summed E-state index contributed by atoms with van der Waals surface area (Å²) in [5, 5.41) is 9.11.